The molecule has 1 aromatic carbocycles. The molecule has 3 heteroatoms. The average Bonchev–Trinajstić information content (AvgIpc) is 2.56. The van der Waals surface area contributed by atoms with Crippen LogP contribution in [0.2, 0.25) is 0 Å². The highest BCUT2D eigenvalue weighted by Crippen LogP contribution is 2.31. The molecule has 2 aromatic rings. The molecular weight excluding hydrogens is 202 g/mol. The molecule has 1 heterocycles. The van der Waals surface area contributed by atoms with Gasteiger partial charge in [-0.15, -0.1) is 0 Å². The Labute approximate surface area is 95.1 Å². The van der Waals surface area contributed by atoms with E-state index in [0.717, 1.165) is 22.3 Å². The fourth-order valence-corrected chi connectivity index (χ4v) is 2.18. The van der Waals surface area contributed by atoms with Gasteiger partial charge < -0.3 is 14.8 Å². The van der Waals surface area contributed by atoms with Gasteiger partial charge in [-0.2, -0.15) is 0 Å². The van der Waals surface area contributed by atoms with Gasteiger partial charge in [0.25, 0.3) is 0 Å². The first kappa shape index (κ1) is 11.0. The Morgan fingerprint density at radius 3 is 2.69 bits per heavy atom. The van der Waals surface area contributed by atoms with Crippen LogP contribution in [0.5, 0.6) is 5.75 Å². The van der Waals surface area contributed by atoms with Gasteiger partial charge in [0.1, 0.15) is 5.75 Å². The second-order valence-electron chi connectivity index (χ2n) is 4.09. The van der Waals surface area contributed by atoms with Crippen molar-refractivity contribution in [3.05, 3.63) is 29.0 Å². The topological polar surface area (TPSA) is 45.2 Å². The Kier molecular flexibility index (Phi) is 2.88. The molecule has 2 N–H and O–H groups in total. The molecule has 1 aromatic heterocycles. The van der Waals surface area contributed by atoms with E-state index in [1.807, 2.05) is 19.9 Å². The lowest BCUT2D eigenvalue weighted by Gasteiger charge is -2.04. The van der Waals surface area contributed by atoms with E-state index in [4.69, 9.17) is 9.84 Å². The summed E-state index contributed by atoms with van der Waals surface area (Å²) in [5, 5.41) is 10.2. The number of aromatic amines is 1. The first-order valence-corrected chi connectivity index (χ1v) is 5.44. The van der Waals surface area contributed by atoms with E-state index in [0.29, 0.717) is 6.42 Å². The minimum atomic E-state index is 0.171. The average molecular weight is 219 g/mol. The molecule has 0 radical (unpaired) electrons. The van der Waals surface area contributed by atoms with Crippen LogP contribution in [0.25, 0.3) is 10.9 Å². The summed E-state index contributed by atoms with van der Waals surface area (Å²) in [6, 6.07) is 4.15. The quantitative estimate of drug-likeness (QED) is 0.832. The van der Waals surface area contributed by atoms with Gasteiger partial charge in [0.2, 0.25) is 0 Å². The Morgan fingerprint density at radius 2 is 2.06 bits per heavy atom. The number of methoxy groups -OCH3 is 1. The lowest BCUT2D eigenvalue weighted by Crippen LogP contribution is -1.91. The minimum absolute atomic E-state index is 0.171. The number of benzene rings is 1. The molecule has 0 atom stereocenters. The summed E-state index contributed by atoms with van der Waals surface area (Å²) in [5.41, 5.74) is 4.48. The van der Waals surface area contributed by atoms with Crippen molar-refractivity contribution in [1.29, 1.82) is 0 Å². The van der Waals surface area contributed by atoms with Crippen molar-refractivity contribution in [1.82, 2.24) is 4.98 Å². The number of hydrogen-bond donors (Lipinski definition) is 2. The Morgan fingerprint density at radius 1 is 1.31 bits per heavy atom. The molecule has 0 amide bonds. The Bertz CT molecular complexity index is 514. The van der Waals surface area contributed by atoms with E-state index in [-0.39, 0.29) is 6.61 Å². The molecule has 2 rings (SSSR count). The molecular formula is C13H17NO2. The van der Waals surface area contributed by atoms with Gasteiger partial charge in [-0.25, -0.2) is 0 Å². The highest BCUT2D eigenvalue weighted by Gasteiger charge is 2.12. The number of nitrogens with one attached hydrogen (secondary N) is 1. The third-order valence-electron chi connectivity index (χ3n) is 2.92. The third-order valence-corrected chi connectivity index (χ3v) is 2.92. The summed E-state index contributed by atoms with van der Waals surface area (Å²) >= 11 is 0. The number of hydrogen-bond acceptors (Lipinski definition) is 2. The van der Waals surface area contributed by atoms with Crippen molar-refractivity contribution in [2.75, 3.05) is 13.7 Å². The van der Waals surface area contributed by atoms with Crippen molar-refractivity contribution in [2.45, 2.75) is 20.3 Å². The maximum Gasteiger partial charge on any atom is 0.143 e. The highest BCUT2D eigenvalue weighted by atomic mass is 16.5. The Hall–Kier alpha value is -1.48. The molecule has 0 aliphatic heterocycles. The van der Waals surface area contributed by atoms with Crippen molar-refractivity contribution < 1.29 is 9.84 Å². The Balaban J connectivity index is 2.73. The summed E-state index contributed by atoms with van der Waals surface area (Å²) in [5.74, 6) is 0.863. The summed E-state index contributed by atoms with van der Waals surface area (Å²) in [6.07, 6.45) is 0.679. The van der Waals surface area contributed by atoms with E-state index in [9.17, 15) is 0 Å². The maximum absolute atomic E-state index is 9.07. The van der Waals surface area contributed by atoms with Gasteiger partial charge in [-0.3, -0.25) is 0 Å². The molecule has 0 saturated carbocycles. The van der Waals surface area contributed by atoms with Gasteiger partial charge in [-0.05, 0) is 43.5 Å². The van der Waals surface area contributed by atoms with E-state index in [1.165, 1.54) is 11.1 Å². The zero-order chi connectivity index (χ0) is 11.7. The smallest absolute Gasteiger partial charge is 0.143 e. The standard InChI is InChI=1S/C13H17NO2/c1-8-6-11-10(4-5-15)9(2)14-13(11)12(7-8)16-3/h6-7,14-15H,4-5H2,1-3H3. The zero-order valence-corrected chi connectivity index (χ0v) is 9.92. The molecule has 0 fully saturated rings. The summed E-state index contributed by atoms with van der Waals surface area (Å²) in [6.45, 7) is 4.25. The number of aromatic nitrogens is 1. The number of ether oxygens (including phenoxy) is 1. The second kappa shape index (κ2) is 4.18. The molecule has 86 valence electrons. The fraction of sp³-hybridized carbons (Fsp3) is 0.385. The molecule has 0 spiro atoms. The van der Waals surface area contributed by atoms with E-state index < -0.39 is 0 Å². The molecule has 0 aliphatic rings. The predicted octanol–water partition coefficient (Wildman–Crippen LogP) is 2.33. The summed E-state index contributed by atoms with van der Waals surface area (Å²) in [4.78, 5) is 3.32. The van der Waals surface area contributed by atoms with E-state index in [1.54, 1.807) is 7.11 Å². The normalized spacial score (nSPS) is 11.0. The molecule has 0 aliphatic carbocycles. The zero-order valence-electron chi connectivity index (χ0n) is 9.92. The number of H-pyrrole nitrogens is 1. The maximum atomic E-state index is 9.07. The van der Waals surface area contributed by atoms with Gasteiger partial charge in [0, 0.05) is 17.7 Å². The first-order chi connectivity index (χ1) is 7.67. The number of fused-ring (bicyclic) bond motifs is 1. The van der Waals surface area contributed by atoms with E-state index >= 15 is 0 Å². The second-order valence-corrected chi connectivity index (χ2v) is 4.09. The molecule has 3 nitrogen and oxygen atoms in total. The van der Waals surface area contributed by atoms with Crippen molar-refractivity contribution >= 4 is 10.9 Å². The van der Waals surface area contributed by atoms with Crippen LogP contribution in [-0.4, -0.2) is 23.8 Å². The van der Waals surface area contributed by atoms with Crippen LogP contribution in [0, 0.1) is 13.8 Å². The van der Waals surface area contributed by atoms with Crippen LogP contribution in [-0.2, 0) is 6.42 Å². The van der Waals surface area contributed by atoms with E-state index in [2.05, 4.69) is 11.1 Å². The molecule has 0 unspecified atom stereocenters. The van der Waals surface area contributed by atoms with Crippen LogP contribution in [0.15, 0.2) is 12.1 Å². The van der Waals surface area contributed by atoms with Gasteiger partial charge >= 0.3 is 0 Å². The van der Waals surface area contributed by atoms with Crippen molar-refractivity contribution in [3.63, 3.8) is 0 Å². The first-order valence-electron chi connectivity index (χ1n) is 5.44. The minimum Gasteiger partial charge on any atom is -0.495 e. The number of aliphatic hydroxyl groups excluding tert-OH is 1. The van der Waals surface area contributed by atoms with Crippen LogP contribution < -0.4 is 4.74 Å². The van der Waals surface area contributed by atoms with Gasteiger partial charge in [0.05, 0.1) is 12.6 Å². The summed E-state index contributed by atoms with van der Waals surface area (Å²) in [7, 11) is 1.68. The van der Waals surface area contributed by atoms with Crippen molar-refractivity contribution in [3.8, 4) is 5.75 Å². The van der Waals surface area contributed by atoms with Crippen molar-refractivity contribution in [2.24, 2.45) is 0 Å². The fourth-order valence-electron chi connectivity index (χ4n) is 2.18. The highest BCUT2D eigenvalue weighted by molar-refractivity contribution is 5.90. The number of aliphatic hydroxyl groups is 1. The summed E-state index contributed by atoms with van der Waals surface area (Å²) < 4.78 is 5.36. The third kappa shape index (κ3) is 1.67. The molecule has 0 saturated heterocycles. The largest absolute Gasteiger partial charge is 0.495 e. The van der Waals surface area contributed by atoms with Crippen LogP contribution >= 0.6 is 0 Å². The molecule has 0 bridgehead atoms. The lowest BCUT2D eigenvalue weighted by molar-refractivity contribution is 0.300. The lowest BCUT2D eigenvalue weighted by atomic mass is 10.1. The van der Waals surface area contributed by atoms with Crippen LogP contribution in [0.3, 0.4) is 0 Å². The van der Waals surface area contributed by atoms with Crippen LogP contribution in [0.4, 0.5) is 0 Å². The number of rotatable bonds is 3. The van der Waals surface area contributed by atoms with Gasteiger partial charge in [0.15, 0.2) is 0 Å². The van der Waals surface area contributed by atoms with Crippen LogP contribution in [0.1, 0.15) is 16.8 Å². The SMILES string of the molecule is COc1cc(C)cc2c(CCO)c(C)[nH]c12. The number of aryl methyl sites for hydroxylation is 2. The monoisotopic (exact) mass is 219 g/mol. The molecule has 16 heavy (non-hydrogen) atoms. The predicted molar refractivity (Wildman–Crippen MR) is 65.1 cm³/mol. The van der Waals surface area contributed by atoms with Gasteiger partial charge in [-0.1, -0.05) is 0 Å².